The van der Waals surface area contributed by atoms with Gasteiger partial charge in [-0.05, 0) is 51.5 Å². The monoisotopic (exact) mass is 398 g/mol. The van der Waals surface area contributed by atoms with Crippen LogP contribution in [0.15, 0.2) is 40.6 Å². The molecule has 2 rings (SSSR count). The molecule has 0 fully saturated rings. The fraction of sp³-hybridized carbons (Fsp3) is 0.444. The lowest BCUT2D eigenvalue weighted by Crippen LogP contribution is -2.34. The smallest absolute Gasteiger partial charge is 0.240 e. The van der Waals surface area contributed by atoms with E-state index in [-0.39, 0.29) is 17.5 Å². The molecule has 1 N–H and O–H groups in total. The molecule has 0 spiro atoms. The third-order valence-corrected chi connectivity index (χ3v) is 6.18. The number of rotatable bonds is 10. The Balaban J connectivity index is 2.19. The molecule has 0 radical (unpaired) electrons. The second-order valence-electron chi connectivity index (χ2n) is 5.82. The number of nitrogens with zero attached hydrogens (tertiary/aromatic N) is 1. The molecule has 0 saturated carbocycles. The molecule has 1 atom stereocenters. The summed E-state index contributed by atoms with van der Waals surface area (Å²) in [6, 6.07) is 8.61. The zero-order chi connectivity index (χ0) is 19.2. The Morgan fingerprint density at radius 3 is 2.38 bits per heavy atom. The van der Waals surface area contributed by atoms with Crippen LogP contribution in [0.4, 0.5) is 0 Å². The highest BCUT2D eigenvalue weighted by Crippen LogP contribution is 2.30. The van der Waals surface area contributed by atoms with Crippen molar-refractivity contribution in [3.05, 3.63) is 40.6 Å². The SMILES string of the molecule is CCOc1ccc(S(=O)(=O)NCC(c2cccs2)N(C)C)cc1OCC. The first-order valence-electron chi connectivity index (χ1n) is 8.48. The summed E-state index contributed by atoms with van der Waals surface area (Å²) in [5, 5.41) is 1.99. The summed E-state index contributed by atoms with van der Waals surface area (Å²) in [7, 11) is 0.207. The first-order chi connectivity index (χ1) is 12.4. The lowest BCUT2D eigenvalue weighted by molar-refractivity contribution is 0.287. The van der Waals surface area contributed by atoms with Gasteiger partial charge in [-0.2, -0.15) is 0 Å². The van der Waals surface area contributed by atoms with Crippen molar-refractivity contribution < 1.29 is 17.9 Å². The number of hydrogen-bond donors (Lipinski definition) is 1. The predicted octanol–water partition coefficient (Wildman–Crippen LogP) is 3.13. The normalized spacial score (nSPS) is 13.0. The Morgan fingerprint density at radius 1 is 1.12 bits per heavy atom. The van der Waals surface area contributed by atoms with Crippen molar-refractivity contribution in [2.45, 2.75) is 24.8 Å². The van der Waals surface area contributed by atoms with E-state index in [2.05, 4.69) is 4.72 Å². The molecule has 26 heavy (non-hydrogen) atoms. The number of sulfonamides is 1. The van der Waals surface area contributed by atoms with E-state index in [1.54, 1.807) is 17.4 Å². The van der Waals surface area contributed by atoms with Gasteiger partial charge in [-0.25, -0.2) is 13.1 Å². The Hall–Kier alpha value is -1.61. The topological polar surface area (TPSA) is 67.9 Å². The zero-order valence-corrected chi connectivity index (χ0v) is 17.2. The number of nitrogens with one attached hydrogen (secondary N) is 1. The average molecular weight is 399 g/mol. The molecule has 1 aromatic carbocycles. The van der Waals surface area contributed by atoms with Crippen LogP contribution in [0.2, 0.25) is 0 Å². The molecular weight excluding hydrogens is 372 g/mol. The van der Waals surface area contributed by atoms with Crippen LogP contribution in [0.3, 0.4) is 0 Å². The number of hydrogen-bond acceptors (Lipinski definition) is 6. The predicted molar refractivity (Wildman–Crippen MR) is 105 cm³/mol. The van der Waals surface area contributed by atoms with Gasteiger partial charge < -0.3 is 14.4 Å². The second kappa shape index (κ2) is 9.36. The summed E-state index contributed by atoms with van der Waals surface area (Å²) in [6.45, 7) is 4.91. The highest BCUT2D eigenvalue weighted by atomic mass is 32.2. The molecule has 0 bridgehead atoms. The zero-order valence-electron chi connectivity index (χ0n) is 15.6. The first-order valence-corrected chi connectivity index (χ1v) is 10.8. The van der Waals surface area contributed by atoms with Crippen LogP contribution >= 0.6 is 11.3 Å². The summed E-state index contributed by atoms with van der Waals surface area (Å²) < 4.78 is 39.2. The van der Waals surface area contributed by atoms with Crippen molar-refractivity contribution in [1.82, 2.24) is 9.62 Å². The number of thiophene rings is 1. The molecule has 0 aliphatic heterocycles. The molecule has 144 valence electrons. The fourth-order valence-corrected chi connectivity index (χ4v) is 4.47. The van der Waals surface area contributed by atoms with E-state index >= 15 is 0 Å². The second-order valence-corrected chi connectivity index (χ2v) is 8.57. The largest absolute Gasteiger partial charge is 0.490 e. The summed E-state index contributed by atoms with van der Waals surface area (Å²) in [5.74, 6) is 0.970. The lowest BCUT2D eigenvalue weighted by atomic mass is 10.2. The number of likely N-dealkylation sites (N-methyl/N-ethyl adjacent to an activating group) is 1. The Kier molecular flexibility index (Phi) is 7.45. The molecule has 0 aliphatic rings. The Morgan fingerprint density at radius 2 is 1.81 bits per heavy atom. The van der Waals surface area contributed by atoms with Crippen LogP contribution in [0.1, 0.15) is 24.8 Å². The minimum atomic E-state index is -3.66. The van der Waals surface area contributed by atoms with Gasteiger partial charge in [-0.3, -0.25) is 0 Å². The van der Waals surface area contributed by atoms with Crippen molar-refractivity contribution >= 4 is 21.4 Å². The minimum absolute atomic E-state index is 0.0289. The van der Waals surface area contributed by atoms with Crippen LogP contribution in [0.5, 0.6) is 11.5 Å². The summed E-state index contributed by atoms with van der Waals surface area (Å²) in [4.78, 5) is 3.27. The average Bonchev–Trinajstić information content (AvgIpc) is 3.10. The molecule has 6 nitrogen and oxygen atoms in total. The maximum Gasteiger partial charge on any atom is 0.240 e. The van der Waals surface area contributed by atoms with Crippen LogP contribution < -0.4 is 14.2 Å². The Labute approximate surface area is 159 Å². The molecule has 1 heterocycles. The summed E-state index contributed by atoms with van der Waals surface area (Å²) in [5.41, 5.74) is 0. The van der Waals surface area contributed by atoms with Gasteiger partial charge in [0, 0.05) is 17.5 Å². The van der Waals surface area contributed by atoms with Crippen LogP contribution in [-0.2, 0) is 10.0 Å². The van der Waals surface area contributed by atoms with Gasteiger partial charge in [0.15, 0.2) is 11.5 Å². The van der Waals surface area contributed by atoms with Gasteiger partial charge in [0.1, 0.15) is 0 Å². The Bertz CT molecular complexity index is 790. The molecule has 1 aromatic heterocycles. The summed E-state index contributed by atoms with van der Waals surface area (Å²) >= 11 is 1.61. The van der Waals surface area contributed by atoms with E-state index < -0.39 is 10.0 Å². The molecule has 1 unspecified atom stereocenters. The van der Waals surface area contributed by atoms with E-state index in [9.17, 15) is 8.42 Å². The van der Waals surface area contributed by atoms with Crippen LogP contribution in [0, 0.1) is 0 Å². The molecule has 2 aromatic rings. The molecule has 8 heteroatoms. The quantitative estimate of drug-likeness (QED) is 0.666. The number of benzene rings is 1. The van der Waals surface area contributed by atoms with Gasteiger partial charge in [-0.1, -0.05) is 6.07 Å². The minimum Gasteiger partial charge on any atom is -0.490 e. The summed E-state index contributed by atoms with van der Waals surface area (Å²) in [6.07, 6.45) is 0. The molecular formula is C18H26N2O4S2. The lowest BCUT2D eigenvalue weighted by Gasteiger charge is -2.23. The third kappa shape index (κ3) is 5.20. The fourth-order valence-electron chi connectivity index (χ4n) is 2.49. The molecule has 0 saturated heterocycles. The van der Waals surface area contributed by atoms with Crippen molar-refractivity contribution in [2.24, 2.45) is 0 Å². The van der Waals surface area contributed by atoms with Gasteiger partial charge in [0.2, 0.25) is 10.0 Å². The van der Waals surface area contributed by atoms with Gasteiger partial charge in [0.05, 0.1) is 24.2 Å². The van der Waals surface area contributed by atoms with Crippen LogP contribution in [-0.4, -0.2) is 47.2 Å². The maximum absolute atomic E-state index is 12.7. The van der Waals surface area contributed by atoms with Crippen molar-refractivity contribution in [2.75, 3.05) is 33.9 Å². The maximum atomic E-state index is 12.7. The van der Waals surface area contributed by atoms with Gasteiger partial charge in [-0.15, -0.1) is 11.3 Å². The van der Waals surface area contributed by atoms with E-state index in [1.165, 1.54) is 12.1 Å². The van der Waals surface area contributed by atoms with Crippen molar-refractivity contribution in [3.63, 3.8) is 0 Å². The molecule has 0 amide bonds. The molecule has 0 aliphatic carbocycles. The first kappa shape index (κ1) is 20.7. The van der Waals surface area contributed by atoms with E-state index in [0.717, 1.165) is 4.88 Å². The number of ether oxygens (including phenoxy) is 2. The third-order valence-electron chi connectivity index (χ3n) is 3.79. The van der Waals surface area contributed by atoms with Crippen LogP contribution in [0.25, 0.3) is 0 Å². The van der Waals surface area contributed by atoms with E-state index in [4.69, 9.17) is 9.47 Å². The van der Waals surface area contributed by atoms with Crippen molar-refractivity contribution in [1.29, 1.82) is 0 Å². The van der Waals surface area contributed by atoms with Crippen molar-refractivity contribution in [3.8, 4) is 11.5 Å². The van der Waals surface area contributed by atoms with Gasteiger partial charge in [0.25, 0.3) is 0 Å². The highest BCUT2D eigenvalue weighted by Gasteiger charge is 2.21. The van der Waals surface area contributed by atoms with Gasteiger partial charge >= 0.3 is 0 Å². The van der Waals surface area contributed by atoms with E-state index in [1.807, 2.05) is 50.4 Å². The highest BCUT2D eigenvalue weighted by molar-refractivity contribution is 7.89. The van der Waals surface area contributed by atoms with E-state index in [0.29, 0.717) is 24.7 Å². The standard InChI is InChI=1S/C18H26N2O4S2/c1-5-23-16-10-9-14(12-17(16)24-6-2)26(21,22)19-13-15(20(3)4)18-8-7-11-25-18/h7-12,15,19H,5-6,13H2,1-4H3.